The molecule has 2 heterocycles. The van der Waals surface area contributed by atoms with E-state index in [4.69, 9.17) is 9.47 Å². The number of hydrogen-bond acceptors (Lipinski definition) is 6. The molecule has 2 bridgehead atoms. The highest BCUT2D eigenvalue weighted by Gasteiger charge is 2.75. The van der Waals surface area contributed by atoms with Gasteiger partial charge in [-0.25, -0.2) is 0 Å². The molecule has 1 amide bonds. The van der Waals surface area contributed by atoms with Gasteiger partial charge in [-0.05, 0) is 80.3 Å². The van der Waals surface area contributed by atoms with E-state index in [1.165, 1.54) is 12.5 Å². The molecule has 7 rings (SSSR count). The first-order valence-corrected chi connectivity index (χ1v) is 17.2. The zero-order chi connectivity index (χ0) is 32.9. The number of esters is 1. The maximum absolute atomic E-state index is 14.2. The smallest absolute Gasteiger partial charge is 0.303 e. The molecule has 1 saturated heterocycles. The predicted molar refractivity (Wildman–Crippen MR) is 182 cm³/mol. The first-order valence-electron chi connectivity index (χ1n) is 17.2. The van der Waals surface area contributed by atoms with E-state index in [0.29, 0.717) is 38.0 Å². The van der Waals surface area contributed by atoms with Gasteiger partial charge < -0.3 is 19.5 Å². The standard InChI is InChI=1S/C40H46N2O5/c1-26(2)25-42(35(45)16-13-30-12-8-9-27(3)23-30)32-17-19-40(47-28(4)43)34-24-31-14-15-33(44)37-36(31)39(40,38(32)46-37)20-22-41(34)21-18-29-10-6-5-7-11-29/h5-16,23,26,32,34,38,44H,17-22,24-25H2,1-4H3/t32-,34+,38-,39-,40+/m0/s1. The minimum atomic E-state index is -0.842. The fourth-order valence-corrected chi connectivity index (χ4v) is 9.36. The average molecular weight is 635 g/mol. The second-order valence-corrected chi connectivity index (χ2v) is 14.4. The number of carbonyl (C=O) groups is 2. The zero-order valence-corrected chi connectivity index (χ0v) is 27.9. The predicted octanol–water partition coefficient (Wildman–Crippen LogP) is 6.23. The van der Waals surface area contributed by atoms with E-state index in [9.17, 15) is 14.7 Å². The molecule has 0 unspecified atom stereocenters. The Balaban J connectivity index is 1.30. The summed E-state index contributed by atoms with van der Waals surface area (Å²) in [5.41, 5.74) is 4.00. The molecule has 7 heteroatoms. The lowest BCUT2D eigenvalue weighted by atomic mass is 9.48. The Labute approximate surface area is 278 Å². The van der Waals surface area contributed by atoms with Gasteiger partial charge in [0.2, 0.25) is 5.91 Å². The van der Waals surface area contributed by atoms with E-state index in [-0.39, 0.29) is 35.6 Å². The second-order valence-electron chi connectivity index (χ2n) is 14.4. The summed E-state index contributed by atoms with van der Waals surface area (Å²) in [6, 6.07) is 22.1. The number of aromatic hydroxyl groups is 1. The van der Waals surface area contributed by atoms with Gasteiger partial charge in [0.05, 0.1) is 17.5 Å². The molecule has 3 aromatic rings. The van der Waals surface area contributed by atoms with Crippen LogP contribution in [0.5, 0.6) is 11.5 Å². The van der Waals surface area contributed by atoms with E-state index >= 15 is 0 Å². The maximum Gasteiger partial charge on any atom is 0.303 e. The third kappa shape index (κ3) is 5.23. The molecule has 5 atom stereocenters. The van der Waals surface area contributed by atoms with Crippen LogP contribution in [0.1, 0.15) is 67.9 Å². The fourth-order valence-electron chi connectivity index (χ4n) is 9.36. The van der Waals surface area contributed by atoms with Crippen LogP contribution >= 0.6 is 0 Å². The molecule has 1 saturated carbocycles. The summed E-state index contributed by atoms with van der Waals surface area (Å²) in [5.74, 6) is 0.479. The molecule has 3 aromatic carbocycles. The Kier molecular flexibility index (Phi) is 8.15. The summed E-state index contributed by atoms with van der Waals surface area (Å²) in [6.07, 6.45) is 6.67. The Hall–Kier alpha value is -4.10. The molecular weight excluding hydrogens is 588 g/mol. The monoisotopic (exact) mass is 634 g/mol. The highest BCUT2D eigenvalue weighted by Crippen LogP contribution is 2.67. The molecule has 246 valence electrons. The van der Waals surface area contributed by atoms with Crippen LogP contribution in [0.15, 0.2) is 72.8 Å². The molecule has 0 radical (unpaired) electrons. The van der Waals surface area contributed by atoms with Crippen molar-refractivity contribution >= 4 is 18.0 Å². The van der Waals surface area contributed by atoms with E-state index in [2.05, 4.69) is 49.1 Å². The maximum atomic E-state index is 14.2. The minimum Gasteiger partial charge on any atom is -0.504 e. The van der Waals surface area contributed by atoms with Crippen LogP contribution < -0.4 is 4.74 Å². The first-order chi connectivity index (χ1) is 22.6. The Morgan fingerprint density at radius 3 is 2.66 bits per heavy atom. The first kappa shape index (κ1) is 31.5. The van der Waals surface area contributed by atoms with E-state index in [1.807, 2.05) is 48.2 Å². The molecule has 2 aliphatic heterocycles. The van der Waals surface area contributed by atoms with Crippen LogP contribution in [0.2, 0.25) is 0 Å². The Morgan fingerprint density at radius 2 is 1.91 bits per heavy atom. The summed E-state index contributed by atoms with van der Waals surface area (Å²) in [4.78, 5) is 31.8. The van der Waals surface area contributed by atoms with E-state index in [1.54, 1.807) is 12.1 Å². The number of carbonyl (C=O) groups excluding carboxylic acids is 2. The number of ether oxygens (including phenoxy) is 2. The molecule has 0 aromatic heterocycles. The fraction of sp³-hybridized carbons (Fsp3) is 0.450. The van der Waals surface area contributed by atoms with Crippen molar-refractivity contribution in [1.82, 2.24) is 9.80 Å². The van der Waals surface area contributed by atoms with E-state index in [0.717, 1.165) is 41.8 Å². The lowest BCUT2D eigenvalue weighted by Crippen LogP contribution is -2.79. The van der Waals surface area contributed by atoms with Gasteiger partial charge >= 0.3 is 5.97 Å². The second kappa shape index (κ2) is 12.2. The van der Waals surface area contributed by atoms with Gasteiger partial charge in [-0.2, -0.15) is 0 Å². The normalized spacial score (nSPS) is 27.4. The molecule has 47 heavy (non-hydrogen) atoms. The minimum absolute atomic E-state index is 0.0469. The van der Waals surface area contributed by atoms with Gasteiger partial charge in [0.15, 0.2) is 11.5 Å². The van der Waals surface area contributed by atoms with Crippen LogP contribution in [-0.4, -0.2) is 70.2 Å². The summed E-state index contributed by atoms with van der Waals surface area (Å²) < 4.78 is 13.6. The van der Waals surface area contributed by atoms with Gasteiger partial charge in [-0.15, -0.1) is 0 Å². The molecule has 2 aliphatic carbocycles. The number of rotatable bonds is 9. The molecule has 1 spiro atoms. The van der Waals surface area contributed by atoms with Crippen molar-refractivity contribution in [3.05, 3.63) is 101 Å². The van der Waals surface area contributed by atoms with Crippen LogP contribution in [0.3, 0.4) is 0 Å². The van der Waals surface area contributed by atoms with Crippen LogP contribution in [0, 0.1) is 12.8 Å². The molecule has 7 nitrogen and oxygen atoms in total. The molecule has 1 N–H and O–H groups in total. The van der Waals surface area contributed by atoms with Gasteiger partial charge in [0, 0.05) is 31.7 Å². The van der Waals surface area contributed by atoms with Crippen LogP contribution in [0.25, 0.3) is 6.08 Å². The van der Waals surface area contributed by atoms with Crippen molar-refractivity contribution in [1.29, 1.82) is 0 Å². The topological polar surface area (TPSA) is 79.3 Å². The molecule has 2 fully saturated rings. The van der Waals surface area contributed by atoms with Crippen molar-refractivity contribution in [2.45, 2.75) is 89.0 Å². The third-order valence-corrected chi connectivity index (χ3v) is 11.1. The zero-order valence-electron chi connectivity index (χ0n) is 27.9. The number of phenols is 1. The number of phenolic OH excluding ortho intramolecular Hbond substituents is 1. The Morgan fingerprint density at radius 1 is 1.11 bits per heavy atom. The van der Waals surface area contributed by atoms with Crippen molar-refractivity contribution in [2.24, 2.45) is 5.92 Å². The highest BCUT2D eigenvalue weighted by molar-refractivity contribution is 5.92. The number of nitrogens with zero attached hydrogens (tertiary/aromatic N) is 2. The summed E-state index contributed by atoms with van der Waals surface area (Å²) in [6.45, 7) is 10.0. The summed E-state index contributed by atoms with van der Waals surface area (Å²) in [7, 11) is 0. The molecule has 4 aliphatic rings. The van der Waals surface area contributed by atoms with Crippen molar-refractivity contribution in [2.75, 3.05) is 19.6 Å². The lowest BCUT2D eigenvalue weighted by Gasteiger charge is -2.65. The van der Waals surface area contributed by atoms with E-state index < -0.39 is 17.1 Å². The number of benzene rings is 3. The number of piperidine rings is 1. The lowest BCUT2D eigenvalue weighted by molar-refractivity contribution is -0.224. The highest BCUT2D eigenvalue weighted by atomic mass is 16.6. The third-order valence-electron chi connectivity index (χ3n) is 11.1. The van der Waals surface area contributed by atoms with Gasteiger partial charge in [0.1, 0.15) is 11.7 Å². The number of likely N-dealkylation sites (tertiary alicyclic amines) is 1. The quantitative estimate of drug-likeness (QED) is 0.222. The number of amides is 1. The van der Waals surface area contributed by atoms with Crippen LogP contribution in [0.4, 0.5) is 0 Å². The van der Waals surface area contributed by atoms with Gasteiger partial charge in [-0.3, -0.25) is 14.5 Å². The van der Waals surface area contributed by atoms with Crippen LogP contribution in [-0.2, 0) is 32.6 Å². The van der Waals surface area contributed by atoms with Gasteiger partial charge in [0.25, 0.3) is 0 Å². The summed E-state index contributed by atoms with van der Waals surface area (Å²) in [5, 5.41) is 11.2. The Bertz CT molecular complexity index is 1700. The van der Waals surface area contributed by atoms with Gasteiger partial charge in [-0.1, -0.05) is 80.1 Å². The van der Waals surface area contributed by atoms with Crippen molar-refractivity contribution < 1.29 is 24.2 Å². The number of hydrogen-bond donors (Lipinski definition) is 1. The molecular formula is C40H46N2O5. The average Bonchev–Trinajstić information content (AvgIpc) is 3.39. The summed E-state index contributed by atoms with van der Waals surface area (Å²) >= 11 is 0. The number of aryl methyl sites for hydroxylation is 1. The van der Waals surface area contributed by atoms with Crippen molar-refractivity contribution in [3.63, 3.8) is 0 Å². The SMILES string of the molecule is CC(=O)O[C@@]12CC[C@H](N(CC(C)C)C(=O)C=Cc3cccc(C)c3)[C@@H]3Oc4c(O)ccc5c4[C@@]31CCN(CCc1ccccc1)[C@@H]2C5. The van der Waals surface area contributed by atoms with Crippen molar-refractivity contribution in [3.8, 4) is 11.5 Å². The largest absolute Gasteiger partial charge is 0.504 e.